The van der Waals surface area contributed by atoms with E-state index in [1.165, 1.54) is 77.2 Å². The molecule has 0 aliphatic heterocycles. The minimum Gasteiger partial charge on any atom is -0.314 e. The fourth-order valence-electron chi connectivity index (χ4n) is 3.51. The summed E-state index contributed by atoms with van der Waals surface area (Å²) in [7, 11) is 0. The van der Waals surface area contributed by atoms with Gasteiger partial charge in [0.25, 0.3) is 0 Å². The van der Waals surface area contributed by atoms with Crippen molar-refractivity contribution in [3.8, 4) is 0 Å². The predicted octanol–water partition coefficient (Wildman–Crippen LogP) is 5.54. The van der Waals surface area contributed by atoms with Crippen LogP contribution in [0.25, 0.3) is 0 Å². The van der Waals surface area contributed by atoms with E-state index in [4.69, 9.17) is 0 Å². The third-order valence-electron chi connectivity index (χ3n) is 4.78. The number of nitrogens with one attached hydrogen (secondary N) is 1. The van der Waals surface area contributed by atoms with Gasteiger partial charge in [0.1, 0.15) is 0 Å². The lowest BCUT2D eigenvalue weighted by molar-refractivity contribution is 0.288. The van der Waals surface area contributed by atoms with Gasteiger partial charge in [-0.2, -0.15) is 0 Å². The smallest absolute Gasteiger partial charge is 0.00104 e. The molecule has 0 bridgehead atoms. The van der Waals surface area contributed by atoms with Gasteiger partial charge in [0.05, 0.1) is 0 Å². The molecule has 1 rings (SSSR count). The standard InChI is InChI=1S/C18H37N/c1-4-5-6-7-8-9-14-18(15-19-16(2)3)17-12-10-11-13-17/h16-19H,4-15H2,1-3H3. The molecule has 0 aromatic rings. The maximum atomic E-state index is 3.68. The van der Waals surface area contributed by atoms with Gasteiger partial charge in [-0.15, -0.1) is 0 Å². The molecule has 1 N–H and O–H groups in total. The quantitative estimate of drug-likeness (QED) is 0.485. The molecule has 114 valence electrons. The predicted molar refractivity (Wildman–Crippen MR) is 86.6 cm³/mol. The van der Waals surface area contributed by atoms with E-state index in [-0.39, 0.29) is 0 Å². The maximum Gasteiger partial charge on any atom is 0.00104 e. The molecule has 1 nitrogen and oxygen atoms in total. The van der Waals surface area contributed by atoms with Crippen molar-refractivity contribution >= 4 is 0 Å². The van der Waals surface area contributed by atoms with Gasteiger partial charge in [-0.05, 0) is 24.8 Å². The monoisotopic (exact) mass is 267 g/mol. The van der Waals surface area contributed by atoms with E-state index in [2.05, 4.69) is 26.1 Å². The highest BCUT2D eigenvalue weighted by atomic mass is 14.9. The van der Waals surface area contributed by atoms with Crippen molar-refractivity contribution < 1.29 is 0 Å². The number of unbranched alkanes of at least 4 members (excludes halogenated alkanes) is 5. The van der Waals surface area contributed by atoms with Crippen LogP contribution in [0, 0.1) is 11.8 Å². The van der Waals surface area contributed by atoms with Crippen LogP contribution in [0.15, 0.2) is 0 Å². The summed E-state index contributed by atoms with van der Waals surface area (Å²) in [5.41, 5.74) is 0. The third-order valence-corrected chi connectivity index (χ3v) is 4.78. The van der Waals surface area contributed by atoms with Gasteiger partial charge in [-0.25, -0.2) is 0 Å². The lowest BCUT2D eigenvalue weighted by atomic mass is 9.86. The van der Waals surface area contributed by atoms with E-state index < -0.39 is 0 Å². The molecule has 0 amide bonds. The second-order valence-corrected chi connectivity index (χ2v) is 6.92. The largest absolute Gasteiger partial charge is 0.314 e. The van der Waals surface area contributed by atoms with Crippen LogP contribution in [0.2, 0.25) is 0 Å². The van der Waals surface area contributed by atoms with Crippen LogP contribution in [0.4, 0.5) is 0 Å². The van der Waals surface area contributed by atoms with Gasteiger partial charge in [-0.1, -0.05) is 85.0 Å². The Balaban J connectivity index is 2.16. The molecule has 1 aliphatic rings. The van der Waals surface area contributed by atoms with Crippen molar-refractivity contribution in [2.24, 2.45) is 11.8 Å². The topological polar surface area (TPSA) is 12.0 Å². The Morgan fingerprint density at radius 3 is 2.21 bits per heavy atom. The van der Waals surface area contributed by atoms with Gasteiger partial charge < -0.3 is 5.32 Å². The summed E-state index contributed by atoms with van der Waals surface area (Å²) in [6.07, 6.45) is 16.1. The molecule has 1 saturated carbocycles. The molecule has 1 fully saturated rings. The van der Waals surface area contributed by atoms with Crippen LogP contribution in [-0.4, -0.2) is 12.6 Å². The second-order valence-electron chi connectivity index (χ2n) is 6.92. The molecule has 0 aromatic heterocycles. The molecular formula is C18H37N. The van der Waals surface area contributed by atoms with Gasteiger partial charge in [0, 0.05) is 6.04 Å². The minimum atomic E-state index is 0.647. The lowest BCUT2D eigenvalue weighted by Gasteiger charge is -2.25. The van der Waals surface area contributed by atoms with Crippen LogP contribution in [-0.2, 0) is 0 Å². The van der Waals surface area contributed by atoms with E-state index in [9.17, 15) is 0 Å². The Morgan fingerprint density at radius 1 is 0.947 bits per heavy atom. The summed E-state index contributed by atoms with van der Waals surface area (Å²) in [4.78, 5) is 0. The van der Waals surface area contributed by atoms with E-state index in [1.807, 2.05) is 0 Å². The first-order valence-electron chi connectivity index (χ1n) is 8.97. The SMILES string of the molecule is CCCCCCCCC(CNC(C)C)C1CCCC1. The second kappa shape index (κ2) is 10.7. The molecule has 0 heterocycles. The highest BCUT2D eigenvalue weighted by Gasteiger charge is 2.24. The molecule has 0 spiro atoms. The summed E-state index contributed by atoms with van der Waals surface area (Å²) >= 11 is 0. The summed E-state index contributed by atoms with van der Waals surface area (Å²) in [6.45, 7) is 8.11. The molecule has 0 aromatic carbocycles. The first kappa shape index (κ1) is 17.0. The van der Waals surface area contributed by atoms with Crippen LogP contribution in [0.3, 0.4) is 0 Å². The molecule has 1 atom stereocenters. The summed E-state index contributed by atoms with van der Waals surface area (Å²) < 4.78 is 0. The van der Waals surface area contributed by atoms with Gasteiger partial charge >= 0.3 is 0 Å². The Hall–Kier alpha value is -0.0400. The van der Waals surface area contributed by atoms with Crippen molar-refractivity contribution in [2.45, 2.75) is 97.4 Å². The molecular weight excluding hydrogens is 230 g/mol. The average Bonchev–Trinajstić information content (AvgIpc) is 2.90. The van der Waals surface area contributed by atoms with Gasteiger partial charge in [0.2, 0.25) is 0 Å². The zero-order valence-electron chi connectivity index (χ0n) is 13.7. The van der Waals surface area contributed by atoms with Crippen molar-refractivity contribution in [3.63, 3.8) is 0 Å². The first-order valence-corrected chi connectivity index (χ1v) is 8.97. The van der Waals surface area contributed by atoms with Crippen LogP contribution >= 0.6 is 0 Å². The highest BCUT2D eigenvalue weighted by Crippen LogP contribution is 2.33. The summed E-state index contributed by atoms with van der Waals surface area (Å²) in [5.74, 6) is 1.98. The van der Waals surface area contributed by atoms with E-state index >= 15 is 0 Å². The maximum absolute atomic E-state index is 3.68. The first-order chi connectivity index (χ1) is 9.24. The Bertz CT molecular complexity index is 194. The van der Waals surface area contributed by atoms with E-state index in [1.54, 1.807) is 0 Å². The molecule has 1 aliphatic carbocycles. The fourth-order valence-corrected chi connectivity index (χ4v) is 3.51. The zero-order chi connectivity index (χ0) is 13.9. The van der Waals surface area contributed by atoms with Gasteiger partial charge in [-0.3, -0.25) is 0 Å². The molecule has 19 heavy (non-hydrogen) atoms. The Morgan fingerprint density at radius 2 is 1.58 bits per heavy atom. The lowest BCUT2D eigenvalue weighted by Crippen LogP contribution is -2.32. The van der Waals surface area contributed by atoms with Gasteiger partial charge in [0.15, 0.2) is 0 Å². The average molecular weight is 268 g/mol. The number of hydrogen-bond donors (Lipinski definition) is 1. The van der Waals surface area contributed by atoms with E-state index in [0.29, 0.717) is 6.04 Å². The summed E-state index contributed by atoms with van der Waals surface area (Å²) in [5, 5.41) is 3.68. The molecule has 0 radical (unpaired) electrons. The summed E-state index contributed by atoms with van der Waals surface area (Å²) in [6, 6.07) is 0.647. The fraction of sp³-hybridized carbons (Fsp3) is 1.00. The molecule has 1 heteroatoms. The van der Waals surface area contributed by atoms with E-state index in [0.717, 1.165) is 11.8 Å². The number of rotatable bonds is 11. The third kappa shape index (κ3) is 7.97. The van der Waals surface area contributed by atoms with Crippen LogP contribution in [0.5, 0.6) is 0 Å². The van der Waals surface area contributed by atoms with Crippen molar-refractivity contribution in [3.05, 3.63) is 0 Å². The van der Waals surface area contributed by atoms with Crippen LogP contribution in [0.1, 0.15) is 91.4 Å². The Kier molecular flexibility index (Phi) is 9.59. The van der Waals surface area contributed by atoms with Crippen molar-refractivity contribution in [1.29, 1.82) is 0 Å². The normalized spacial score (nSPS) is 18.3. The Labute approximate surface area is 121 Å². The van der Waals surface area contributed by atoms with Crippen molar-refractivity contribution in [2.75, 3.05) is 6.54 Å². The van der Waals surface area contributed by atoms with Crippen LogP contribution < -0.4 is 5.32 Å². The molecule has 0 saturated heterocycles. The number of hydrogen-bond acceptors (Lipinski definition) is 1. The van der Waals surface area contributed by atoms with Crippen molar-refractivity contribution in [1.82, 2.24) is 5.32 Å². The highest BCUT2D eigenvalue weighted by molar-refractivity contribution is 4.77. The minimum absolute atomic E-state index is 0.647. The molecule has 1 unspecified atom stereocenters. The zero-order valence-corrected chi connectivity index (χ0v) is 13.7.